The van der Waals surface area contributed by atoms with Crippen molar-refractivity contribution in [3.05, 3.63) is 70.4 Å². The maximum absolute atomic E-state index is 13.9. The number of rotatable bonds is 7. The zero-order valence-corrected chi connectivity index (χ0v) is 18.3. The van der Waals surface area contributed by atoms with Crippen molar-refractivity contribution in [2.24, 2.45) is 0 Å². The summed E-state index contributed by atoms with van der Waals surface area (Å²) in [6.45, 7) is 0.160. The van der Waals surface area contributed by atoms with Crippen molar-refractivity contribution in [3.63, 3.8) is 0 Å². The van der Waals surface area contributed by atoms with E-state index >= 15 is 0 Å². The number of amides is 2. The lowest BCUT2D eigenvalue weighted by Gasteiger charge is -2.22. The summed E-state index contributed by atoms with van der Waals surface area (Å²) in [6.07, 6.45) is 0.573. The summed E-state index contributed by atoms with van der Waals surface area (Å²) in [6, 6.07) is 12.2. The van der Waals surface area contributed by atoms with Crippen molar-refractivity contribution < 1.29 is 24.2 Å². The third kappa shape index (κ3) is 5.69. The zero-order valence-electron chi connectivity index (χ0n) is 16.7. The van der Waals surface area contributed by atoms with Crippen molar-refractivity contribution in [2.75, 3.05) is 20.1 Å². The van der Waals surface area contributed by atoms with Crippen molar-refractivity contribution in [1.29, 1.82) is 0 Å². The van der Waals surface area contributed by atoms with E-state index < -0.39 is 11.9 Å². The van der Waals surface area contributed by atoms with E-state index in [0.717, 1.165) is 11.8 Å². The number of carbonyl (C=O) groups excluding carboxylic acids is 2. The predicted molar refractivity (Wildman–Crippen MR) is 122 cm³/mol. The number of carbonyl (C=O) groups is 2. The Hall–Kier alpha value is -2.75. The lowest BCUT2D eigenvalue weighted by atomic mass is 10.1. The molecule has 0 radical (unpaired) electrons. The largest absolute Gasteiger partial charge is 0.508 e. The first kappa shape index (κ1) is 22.9. The van der Waals surface area contributed by atoms with E-state index in [1.54, 1.807) is 37.4 Å². The van der Waals surface area contributed by atoms with Crippen LogP contribution in [0.4, 0.5) is 4.39 Å². The van der Waals surface area contributed by atoms with Gasteiger partial charge in [-0.1, -0.05) is 54.3 Å². The van der Waals surface area contributed by atoms with Crippen LogP contribution in [0.3, 0.4) is 0 Å². The summed E-state index contributed by atoms with van der Waals surface area (Å²) in [7, 11) is 1.56. The summed E-state index contributed by atoms with van der Waals surface area (Å²) < 4.78 is 14.2. The van der Waals surface area contributed by atoms with Gasteiger partial charge in [0.05, 0.1) is 17.6 Å². The van der Waals surface area contributed by atoms with Gasteiger partial charge in [0.15, 0.2) is 0 Å². The van der Waals surface area contributed by atoms with Crippen LogP contribution < -0.4 is 0 Å². The number of aliphatic hydroxyl groups excluding tert-OH is 1. The highest BCUT2D eigenvalue weighted by Crippen LogP contribution is 2.33. The van der Waals surface area contributed by atoms with E-state index in [4.69, 9.17) is 12.2 Å². The van der Waals surface area contributed by atoms with E-state index in [-0.39, 0.29) is 37.1 Å². The van der Waals surface area contributed by atoms with Gasteiger partial charge in [0, 0.05) is 25.6 Å². The number of phenolic OH excluding ortho intramolecular Hbond substituents is 1. The average molecular weight is 461 g/mol. The quantitative estimate of drug-likeness (QED) is 0.487. The van der Waals surface area contributed by atoms with Crippen LogP contribution in [0.1, 0.15) is 23.7 Å². The number of hydrogen-bond acceptors (Lipinski definition) is 6. The lowest BCUT2D eigenvalue weighted by Crippen LogP contribution is -2.36. The fourth-order valence-electron chi connectivity index (χ4n) is 2.99. The van der Waals surface area contributed by atoms with Gasteiger partial charge in [-0.3, -0.25) is 14.5 Å². The van der Waals surface area contributed by atoms with Crippen molar-refractivity contribution in [1.82, 2.24) is 9.80 Å². The van der Waals surface area contributed by atoms with Crippen molar-refractivity contribution in [3.8, 4) is 5.75 Å². The molecule has 9 heteroatoms. The van der Waals surface area contributed by atoms with Crippen LogP contribution in [0.2, 0.25) is 0 Å². The number of nitrogens with zero attached hydrogens (tertiary/aromatic N) is 2. The molecule has 1 saturated heterocycles. The molecule has 0 aliphatic carbocycles. The number of benzene rings is 2. The minimum absolute atomic E-state index is 0.0260. The van der Waals surface area contributed by atoms with Crippen LogP contribution in [0.25, 0.3) is 6.08 Å². The zero-order chi connectivity index (χ0) is 22.5. The second-order valence-electron chi connectivity index (χ2n) is 6.99. The molecule has 1 heterocycles. The minimum Gasteiger partial charge on any atom is -0.508 e. The van der Waals surface area contributed by atoms with Crippen molar-refractivity contribution >= 4 is 46.2 Å². The highest BCUT2D eigenvalue weighted by Gasteiger charge is 2.32. The molecule has 2 N–H and O–H groups in total. The van der Waals surface area contributed by atoms with E-state index in [1.165, 1.54) is 34.1 Å². The van der Waals surface area contributed by atoms with Gasteiger partial charge in [-0.15, -0.1) is 0 Å². The van der Waals surface area contributed by atoms with Gasteiger partial charge in [0.25, 0.3) is 5.91 Å². The molecule has 1 unspecified atom stereocenters. The first-order chi connectivity index (χ1) is 14.8. The number of aliphatic hydroxyl groups is 1. The van der Waals surface area contributed by atoms with Crippen LogP contribution in [0.15, 0.2) is 53.4 Å². The molecular weight excluding hydrogens is 439 g/mol. The Bertz CT molecular complexity index is 1030. The monoisotopic (exact) mass is 460 g/mol. The number of hydrogen-bond donors (Lipinski definition) is 2. The van der Waals surface area contributed by atoms with Gasteiger partial charge >= 0.3 is 0 Å². The summed E-state index contributed by atoms with van der Waals surface area (Å²) in [5.74, 6) is -0.965. The molecule has 2 aromatic rings. The second-order valence-corrected chi connectivity index (χ2v) is 8.66. The summed E-state index contributed by atoms with van der Waals surface area (Å²) in [4.78, 5) is 28.1. The molecule has 2 aromatic carbocycles. The number of phenols is 1. The van der Waals surface area contributed by atoms with E-state index in [2.05, 4.69) is 0 Å². The predicted octanol–water partition coefficient (Wildman–Crippen LogP) is 3.31. The minimum atomic E-state index is -0.907. The first-order valence-electron chi connectivity index (χ1n) is 9.47. The van der Waals surface area contributed by atoms with Crippen LogP contribution >= 0.6 is 24.0 Å². The van der Waals surface area contributed by atoms with E-state index in [9.17, 15) is 24.2 Å². The highest BCUT2D eigenvalue weighted by atomic mass is 32.2. The Morgan fingerprint density at radius 2 is 1.94 bits per heavy atom. The van der Waals surface area contributed by atoms with Crippen LogP contribution in [0.5, 0.6) is 5.75 Å². The van der Waals surface area contributed by atoms with Gasteiger partial charge in [0.1, 0.15) is 15.9 Å². The number of aromatic hydroxyl groups is 1. The van der Waals surface area contributed by atoms with Gasteiger partial charge < -0.3 is 15.1 Å². The number of likely N-dealkylation sites (N-methyl/N-ethyl adjacent to an activating group) is 1. The van der Waals surface area contributed by atoms with Crippen LogP contribution in [0, 0.1) is 5.82 Å². The molecule has 0 aromatic heterocycles. The van der Waals surface area contributed by atoms with E-state index in [1.807, 2.05) is 0 Å². The molecule has 0 spiro atoms. The Morgan fingerprint density at radius 1 is 1.26 bits per heavy atom. The summed E-state index contributed by atoms with van der Waals surface area (Å²) in [5.41, 5.74) is 0.870. The molecule has 162 valence electrons. The van der Waals surface area contributed by atoms with Crippen molar-refractivity contribution in [2.45, 2.75) is 12.5 Å². The molecule has 1 aliphatic rings. The fourth-order valence-corrected chi connectivity index (χ4v) is 4.29. The topological polar surface area (TPSA) is 81.1 Å². The van der Waals surface area contributed by atoms with Gasteiger partial charge in [-0.2, -0.15) is 0 Å². The van der Waals surface area contributed by atoms with Gasteiger partial charge in [0.2, 0.25) is 5.91 Å². The summed E-state index contributed by atoms with van der Waals surface area (Å²) >= 11 is 6.33. The molecule has 31 heavy (non-hydrogen) atoms. The Balaban J connectivity index is 1.57. The SMILES string of the molecule is CN(CC(O)c1ccc(O)cc1)C(=O)CCN1C(=O)/C(=C/c2ccccc2F)SC1=S. The normalized spacial score (nSPS) is 16.1. The van der Waals surface area contributed by atoms with Gasteiger partial charge in [-0.25, -0.2) is 4.39 Å². The highest BCUT2D eigenvalue weighted by molar-refractivity contribution is 8.26. The van der Waals surface area contributed by atoms with E-state index in [0.29, 0.717) is 20.4 Å². The molecular formula is C22H21FN2O4S2. The number of halogens is 1. The second kappa shape index (κ2) is 10.0. The average Bonchev–Trinajstić information content (AvgIpc) is 3.00. The van der Waals surface area contributed by atoms with Crippen LogP contribution in [-0.2, 0) is 9.59 Å². The Morgan fingerprint density at radius 3 is 2.61 bits per heavy atom. The molecule has 0 bridgehead atoms. The Kier molecular flexibility index (Phi) is 7.42. The molecule has 1 atom stereocenters. The maximum Gasteiger partial charge on any atom is 0.266 e. The fraction of sp³-hybridized carbons (Fsp3) is 0.227. The standard InChI is InChI=1S/C22H21FN2O4S2/c1-24(13-18(27)14-6-8-16(26)9-7-14)20(28)10-11-25-21(29)19(31-22(25)30)12-15-4-2-3-5-17(15)23/h2-9,12,18,26-27H,10-11,13H2,1H3/b19-12-. The lowest BCUT2D eigenvalue weighted by molar-refractivity contribution is -0.131. The Labute approximate surface area is 189 Å². The third-order valence-electron chi connectivity index (χ3n) is 4.77. The summed E-state index contributed by atoms with van der Waals surface area (Å²) in [5, 5.41) is 19.6. The smallest absolute Gasteiger partial charge is 0.266 e. The molecule has 1 aliphatic heterocycles. The molecule has 0 saturated carbocycles. The molecule has 3 rings (SSSR count). The molecule has 6 nitrogen and oxygen atoms in total. The molecule has 2 amide bonds. The number of thiocarbonyl (C=S) groups is 1. The molecule has 1 fully saturated rings. The maximum atomic E-state index is 13.9. The first-order valence-corrected chi connectivity index (χ1v) is 10.7. The third-order valence-corrected chi connectivity index (χ3v) is 6.14. The van der Waals surface area contributed by atoms with Crippen LogP contribution in [-0.4, -0.2) is 56.3 Å². The number of thioether (sulfide) groups is 1. The van der Waals surface area contributed by atoms with Gasteiger partial charge in [-0.05, 0) is 29.8 Å².